The molecule has 0 spiro atoms. The maximum atomic E-state index is 12.4. The largest absolute Gasteiger partial charge is 0.364 e. The summed E-state index contributed by atoms with van der Waals surface area (Å²) in [5.74, 6) is 0.307. The minimum absolute atomic E-state index is 0.268. The van der Waals surface area contributed by atoms with Gasteiger partial charge < -0.3 is 10.6 Å². The zero-order chi connectivity index (χ0) is 17.6. The van der Waals surface area contributed by atoms with Crippen LogP contribution in [0.3, 0.4) is 0 Å². The minimum atomic E-state index is -0.268. The molecule has 0 saturated carbocycles. The van der Waals surface area contributed by atoms with Gasteiger partial charge in [0.25, 0.3) is 5.91 Å². The number of hydrogen-bond acceptors (Lipinski definition) is 5. The highest BCUT2D eigenvalue weighted by Crippen LogP contribution is 2.17. The lowest BCUT2D eigenvalue weighted by molar-refractivity contribution is 0.102. The predicted octanol–water partition coefficient (Wildman–Crippen LogP) is 3.35. The first-order valence-electron chi connectivity index (χ1n) is 7.96. The highest BCUT2D eigenvalue weighted by Gasteiger charge is 2.10. The molecule has 25 heavy (non-hydrogen) atoms. The number of benzene rings is 1. The van der Waals surface area contributed by atoms with Crippen molar-refractivity contribution in [2.45, 2.75) is 20.4 Å². The summed E-state index contributed by atoms with van der Waals surface area (Å²) in [6, 6.07) is 13.2. The van der Waals surface area contributed by atoms with E-state index in [0.717, 1.165) is 22.5 Å². The van der Waals surface area contributed by atoms with Gasteiger partial charge in [-0.3, -0.25) is 9.78 Å². The predicted molar refractivity (Wildman–Crippen MR) is 97.5 cm³/mol. The SMILES string of the molecule is Cc1ccc(NC(=O)c2cc(NCc3ccccn3)ncn2)c(C)c1. The molecule has 0 aliphatic carbocycles. The van der Waals surface area contributed by atoms with Gasteiger partial charge >= 0.3 is 0 Å². The molecule has 0 aliphatic rings. The monoisotopic (exact) mass is 333 g/mol. The number of aryl methyl sites for hydroxylation is 2. The van der Waals surface area contributed by atoms with Crippen molar-refractivity contribution in [3.8, 4) is 0 Å². The Morgan fingerprint density at radius 1 is 1.04 bits per heavy atom. The molecule has 6 nitrogen and oxygen atoms in total. The number of carbonyl (C=O) groups excluding carboxylic acids is 1. The number of anilines is 2. The Balaban J connectivity index is 1.69. The maximum Gasteiger partial charge on any atom is 0.274 e. The van der Waals surface area contributed by atoms with Gasteiger partial charge in [0.2, 0.25) is 0 Å². The lowest BCUT2D eigenvalue weighted by Crippen LogP contribution is -2.15. The van der Waals surface area contributed by atoms with E-state index in [-0.39, 0.29) is 5.91 Å². The number of nitrogens with one attached hydrogen (secondary N) is 2. The highest BCUT2D eigenvalue weighted by molar-refractivity contribution is 6.03. The second-order valence-corrected chi connectivity index (χ2v) is 5.74. The molecule has 6 heteroatoms. The van der Waals surface area contributed by atoms with E-state index in [1.165, 1.54) is 6.33 Å². The van der Waals surface area contributed by atoms with Crippen LogP contribution in [-0.4, -0.2) is 20.9 Å². The molecule has 2 N–H and O–H groups in total. The van der Waals surface area contributed by atoms with Crippen LogP contribution in [0.15, 0.2) is 55.0 Å². The topological polar surface area (TPSA) is 79.8 Å². The first kappa shape index (κ1) is 16.6. The van der Waals surface area contributed by atoms with Gasteiger partial charge in [-0.1, -0.05) is 23.8 Å². The van der Waals surface area contributed by atoms with Gasteiger partial charge in [-0.15, -0.1) is 0 Å². The molecular weight excluding hydrogens is 314 g/mol. The molecule has 0 fully saturated rings. The van der Waals surface area contributed by atoms with Crippen molar-refractivity contribution in [3.63, 3.8) is 0 Å². The number of amides is 1. The van der Waals surface area contributed by atoms with Crippen molar-refractivity contribution in [1.82, 2.24) is 15.0 Å². The number of rotatable bonds is 5. The molecule has 3 aromatic rings. The Morgan fingerprint density at radius 2 is 1.92 bits per heavy atom. The maximum absolute atomic E-state index is 12.4. The summed E-state index contributed by atoms with van der Waals surface area (Å²) < 4.78 is 0. The van der Waals surface area contributed by atoms with E-state index in [4.69, 9.17) is 0 Å². The van der Waals surface area contributed by atoms with Gasteiger partial charge in [0, 0.05) is 18.0 Å². The summed E-state index contributed by atoms with van der Waals surface area (Å²) in [6.45, 7) is 4.50. The van der Waals surface area contributed by atoms with E-state index in [1.54, 1.807) is 12.3 Å². The summed E-state index contributed by atoms with van der Waals surface area (Å²) in [6.07, 6.45) is 3.11. The highest BCUT2D eigenvalue weighted by atomic mass is 16.1. The van der Waals surface area contributed by atoms with E-state index in [1.807, 2.05) is 50.2 Å². The molecule has 0 unspecified atom stereocenters. The van der Waals surface area contributed by atoms with Crippen molar-refractivity contribution >= 4 is 17.4 Å². The second-order valence-electron chi connectivity index (χ2n) is 5.74. The zero-order valence-corrected chi connectivity index (χ0v) is 14.2. The molecule has 0 atom stereocenters. The standard InChI is InChI=1S/C19H19N5O/c1-13-6-7-16(14(2)9-13)24-19(25)17-10-18(23-12-22-17)21-11-15-5-3-4-8-20-15/h3-10,12H,11H2,1-2H3,(H,24,25)(H,21,22,23). The zero-order valence-electron chi connectivity index (χ0n) is 14.2. The minimum Gasteiger partial charge on any atom is -0.364 e. The summed E-state index contributed by atoms with van der Waals surface area (Å²) >= 11 is 0. The molecule has 1 aromatic carbocycles. The number of hydrogen-bond donors (Lipinski definition) is 2. The van der Waals surface area contributed by atoms with Crippen LogP contribution in [0.25, 0.3) is 0 Å². The molecule has 0 bridgehead atoms. The Labute approximate surface area is 146 Å². The Bertz CT molecular complexity index is 880. The number of aromatic nitrogens is 3. The molecule has 2 aromatic heterocycles. The molecule has 2 heterocycles. The van der Waals surface area contributed by atoms with Crippen molar-refractivity contribution < 1.29 is 4.79 Å². The first-order chi connectivity index (χ1) is 12.1. The molecule has 3 rings (SSSR count). The van der Waals surface area contributed by atoms with Crippen LogP contribution in [0.2, 0.25) is 0 Å². The average molecular weight is 333 g/mol. The van der Waals surface area contributed by atoms with Gasteiger partial charge in [-0.05, 0) is 37.6 Å². The second kappa shape index (κ2) is 7.53. The molecular formula is C19H19N5O. The van der Waals surface area contributed by atoms with Crippen molar-refractivity contribution in [2.75, 3.05) is 10.6 Å². The molecule has 126 valence electrons. The number of carbonyl (C=O) groups is 1. The van der Waals surface area contributed by atoms with Crippen molar-refractivity contribution in [3.05, 3.63) is 77.5 Å². The average Bonchev–Trinajstić information content (AvgIpc) is 2.63. The third-order valence-electron chi connectivity index (χ3n) is 3.71. The van der Waals surface area contributed by atoms with E-state index in [2.05, 4.69) is 25.6 Å². The lowest BCUT2D eigenvalue weighted by atomic mass is 10.1. The van der Waals surface area contributed by atoms with Crippen LogP contribution in [0.4, 0.5) is 11.5 Å². The summed E-state index contributed by atoms with van der Waals surface area (Å²) in [5.41, 5.74) is 4.13. The van der Waals surface area contributed by atoms with Gasteiger partial charge in [0.05, 0.1) is 12.2 Å². The quantitative estimate of drug-likeness (QED) is 0.748. The smallest absolute Gasteiger partial charge is 0.274 e. The summed E-state index contributed by atoms with van der Waals surface area (Å²) in [5, 5.41) is 6.03. The van der Waals surface area contributed by atoms with Crippen molar-refractivity contribution in [2.24, 2.45) is 0 Å². The van der Waals surface area contributed by atoms with Crippen LogP contribution in [0, 0.1) is 13.8 Å². The Hall–Kier alpha value is -3.28. The van der Waals surface area contributed by atoms with Gasteiger partial charge in [0.15, 0.2) is 0 Å². The summed E-state index contributed by atoms with van der Waals surface area (Å²) in [7, 11) is 0. The Morgan fingerprint density at radius 3 is 2.68 bits per heavy atom. The Kier molecular flexibility index (Phi) is 4.99. The van der Waals surface area contributed by atoms with Crippen LogP contribution in [0.1, 0.15) is 27.3 Å². The van der Waals surface area contributed by atoms with Gasteiger partial charge in [0.1, 0.15) is 17.8 Å². The fourth-order valence-electron chi connectivity index (χ4n) is 2.40. The fraction of sp³-hybridized carbons (Fsp3) is 0.158. The van der Waals surface area contributed by atoms with Crippen LogP contribution in [0.5, 0.6) is 0 Å². The van der Waals surface area contributed by atoms with E-state index >= 15 is 0 Å². The van der Waals surface area contributed by atoms with E-state index in [9.17, 15) is 4.79 Å². The number of nitrogens with zero attached hydrogens (tertiary/aromatic N) is 3. The molecule has 1 amide bonds. The fourth-order valence-corrected chi connectivity index (χ4v) is 2.40. The normalized spacial score (nSPS) is 10.3. The van der Waals surface area contributed by atoms with Crippen molar-refractivity contribution in [1.29, 1.82) is 0 Å². The molecule has 0 saturated heterocycles. The van der Waals surface area contributed by atoms with Crippen LogP contribution in [-0.2, 0) is 6.54 Å². The van der Waals surface area contributed by atoms with Gasteiger partial charge in [-0.2, -0.15) is 0 Å². The molecule has 0 radical (unpaired) electrons. The third kappa shape index (κ3) is 4.38. The van der Waals surface area contributed by atoms with E-state index in [0.29, 0.717) is 18.1 Å². The first-order valence-corrected chi connectivity index (χ1v) is 7.96. The third-order valence-corrected chi connectivity index (χ3v) is 3.71. The summed E-state index contributed by atoms with van der Waals surface area (Å²) in [4.78, 5) is 24.9. The van der Waals surface area contributed by atoms with Gasteiger partial charge in [-0.25, -0.2) is 9.97 Å². The lowest BCUT2D eigenvalue weighted by Gasteiger charge is -2.10. The number of pyridine rings is 1. The van der Waals surface area contributed by atoms with Crippen LogP contribution >= 0.6 is 0 Å². The van der Waals surface area contributed by atoms with Crippen LogP contribution < -0.4 is 10.6 Å². The van der Waals surface area contributed by atoms with E-state index < -0.39 is 0 Å². The molecule has 0 aliphatic heterocycles.